The van der Waals surface area contributed by atoms with E-state index in [4.69, 9.17) is 0 Å². The van der Waals surface area contributed by atoms with Gasteiger partial charge in [0.05, 0.1) is 11.1 Å². The number of rotatable bonds is 0. The summed E-state index contributed by atoms with van der Waals surface area (Å²) >= 11 is 4.98. The van der Waals surface area contributed by atoms with Gasteiger partial charge in [-0.15, -0.1) is 0 Å². The Morgan fingerprint density at radius 1 is 1.25 bits per heavy atom. The fourth-order valence-electron chi connectivity index (χ4n) is 1.42. The predicted octanol–water partition coefficient (Wildman–Crippen LogP) is 4.62. The predicted molar refractivity (Wildman–Crippen MR) is 67.2 cm³/mol. The summed E-state index contributed by atoms with van der Waals surface area (Å²) in [5.74, 6) is 0. The zero-order chi connectivity index (χ0) is 11.9. The number of nitrogens with zero attached hydrogens (tertiary/aromatic N) is 1. The van der Waals surface area contributed by atoms with Crippen LogP contribution in [0.1, 0.15) is 5.56 Å². The van der Waals surface area contributed by atoms with Crippen molar-refractivity contribution < 1.29 is 13.2 Å². The van der Waals surface area contributed by atoms with E-state index < -0.39 is 11.7 Å². The molecule has 6 heteroatoms. The first-order chi connectivity index (χ1) is 7.39. The third kappa shape index (κ3) is 2.17. The van der Waals surface area contributed by atoms with Gasteiger partial charge in [-0.05, 0) is 50.7 Å². The molecule has 0 N–H and O–H groups in total. The van der Waals surface area contributed by atoms with Gasteiger partial charge in [0.1, 0.15) is 3.70 Å². The number of aromatic nitrogens is 1. The van der Waals surface area contributed by atoms with Crippen molar-refractivity contribution in [2.75, 3.05) is 0 Å². The Kier molecular flexibility index (Phi) is 3.13. The quantitative estimate of drug-likeness (QED) is 0.463. The maximum atomic E-state index is 12.8. The highest BCUT2D eigenvalue weighted by molar-refractivity contribution is 14.1. The molecule has 1 heterocycles. The SMILES string of the molecule is FC(F)(F)c1cc(I)nc2c(Br)cccc12. The van der Waals surface area contributed by atoms with Gasteiger partial charge in [0.25, 0.3) is 0 Å². The van der Waals surface area contributed by atoms with Gasteiger partial charge >= 0.3 is 6.18 Å². The lowest BCUT2D eigenvalue weighted by Crippen LogP contribution is -2.07. The molecular weight excluding hydrogens is 398 g/mol. The Labute approximate surface area is 111 Å². The van der Waals surface area contributed by atoms with E-state index >= 15 is 0 Å². The van der Waals surface area contributed by atoms with Crippen molar-refractivity contribution in [1.82, 2.24) is 4.98 Å². The number of benzene rings is 1. The van der Waals surface area contributed by atoms with Crippen molar-refractivity contribution in [2.45, 2.75) is 6.18 Å². The van der Waals surface area contributed by atoms with E-state index in [2.05, 4.69) is 20.9 Å². The summed E-state index contributed by atoms with van der Waals surface area (Å²) in [7, 11) is 0. The lowest BCUT2D eigenvalue weighted by Gasteiger charge is -2.11. The second kappa shape index (κ2) is 4.14. The second-order valence-corrected chi connectivity index (χ2v) is 5.09. The summed E-state index contributed by atoms with van der Waals surface area (Å²) in [6, 6.07) is 5.71. The van der Waals surface area contributed by atoms with Crippen LogP contribution in [0.5, 0.6) is 0 Å². The normalized spacial score (nSPS) is 12.1. The summed E-state index contributed by atoms with van der Waals surface area (Å²) in [4.78, 5) is 4.09. The van der Waals surface area contributed by atoms with Gasteiger partial charge in [0.15, 0.2) is 0 Å². The Bertz CT molecular complexity index is 553. The fourth-order valence-corrected chi connectivity index (χ4v) is 2.42. The Balaban J connectivity index is 2.89. The van der Waals surface area contributed by atoms with Crippen LogP contribution >= 0.6 is 38.5 Å². The first-order valence-electron chi connectivity index (χ1n) is 4.21. The number of halogens is 5. The van der Waals surface area contributed by atoms with Crippen molar-refractivity contribution in [2.24, 2.45) is 0 Å². The highest BCUT2D eigenvalue weighted by Crippen LogP contribution is 2.36. The number of para-hydroxylation sites is 1. The van der Waals surface area contributed by atoms with Gasteiger partial charge < -0.3 is 0 Å². The van der Waals surface area contributed by atoms with Crippen LogP contribution in [0.2, 0.25) is 0 Å². The molecule has 0 saturated carbocycles. The van der Waals surface area contributed by atoms with Crippen LogP contribution in [0.4, 0.5) is 13.2 Å². The lowest BCUT2D eigenvalue weighted by atomic mass is 10.1. The molecule has 0 amide bonds. The average molecular weight is 402 g/mol. The monoisotopic (exact) mass is 401 g/mol. The van der Waals surface area contributed by atoms with Crippen molar-refractivity contribution in [1.29, 1.82) is 0 Å². The molecule has 1 nitrogen and oxygen atoms in total. The standard InChI is InChI=1S/C10H4BrF3IN/c11-7-3-1-2-5-6(10(12,13)14)4-8(15)16-9(5)7/h1-4H. The van der Waals surface area contributed by atoms with E-state index in [1.54, 1.807) is 34.7 Å². The molecule has 84 valence electrons. The van der Waals surface area contributed by atoms with Crippen molar-refractivity contribution in [3.63, 3.8) is 0 Å². The maximum Gasteiger partial charge on any atom is 0.417 e. The van der Waals surface area contributed by atoms with E-state index in [0.717, 1.165) is 6.07 Å². The molecule has 0 aliphatic heterocycles. The van der Waals surface area contributed by atoms with E-state index in [9.17, 15) is 13.2 Å². The van der Waals surface area contributed by atoms with Crippen LogP contribution in [0.25, 0.3) is 10.9 Å². The molecule has 0 spiro atoms. The van der Waals surface area contributed by atoms with E-state index in [0.29, 0.717) is 13.7 Å². The summed E-state index contributed by atoms with van der Waals surface area (Å²) in [5.41, 5.74) is -0.315. The topological polar surface area (TPSA) is 12.9 Å². The summed E-state index contributed by atoms with van der Waals surface area (Å²) in [5, 5.41) is 0.113. The molecule has 16 heavy (non-hydrogen) atoms. The zero-order valence-electron chi connectivity index (χ0n) is 7.65. The highest BCUT2D eigenvalue weighted by atomic mass is 127. The summed E-state index contributed by atoms with van der Waals surface area (Å²) < 4.78 is 39.2. The van der Waals surface area contributed by atoms with E-state index in [1.807, 2.05) is 0 Å². The molecule has 0 bridgehead atoms. The molecule has 0 fully saturated rings. The minimum absolute atomic E-state index is 0.113. The van der Waals surface area contributed by atoms with Crippen LogP contribution in [0.15, 0.2) is 28.7 Å². The molecular formula is C10H4BrF3IN. The van der Waals surface area contributed by atoms with Crippen LogP contribution in [-0.2, 0) is 6.18 Å². The zero-order valence-corrected chi connectivity index (χ0v) is 11.4. The maximum absolute atomic E-state index is 12.8. The van der Waals surface area contributed by atoms with Crippen LogP contribution < -0.4 is 0 Å². The Morgan fingerprint density at radius 3 is 2.56 bits per heavy atom. The number of alkyl halides is 3. The third-order valence-corrected chi connectivity index (χ3v) is 3.26. The first kappa shape index (κ1) is 12.1. The third-order valence-electron chi connectivity index (χ3n) is 2.06. The van der Waals surface area contributed by atoms with Gasteiger partial charge in [-0.3, -0.25) is 0 Å². The summed E-state index contributed by atoms with van der Waals surface area (Å²) in [6.07, 6.45) is -4.36. The molecule has 2 rings (SSSR count). The first-order valence-corrected chi connectivity index (χ1v) is 6.09. The van der Waals surface area contributed by atoms with Crippen LogP contribution in [-0.4, -0.2) is 4.98 Å². The van der Waals surface area contributed by atoms with Gasteiger partial charge in [-0.25, -0.2) is 4.98 Å². The van der Waals surface area contributed by atoms with E-state index in [1.165, 1.54) is 6.07 Å². The van der Waals surface area contributed by atoms with Gasteiger partial charge in [0, 0.05) is 9.86 Å². The van der Waals surface area contributed by atoms with E-state index in [-0.39, 0.29) is 5.39 Å². The fraction of sp³-hybridized carbons (Fsp3) is 0.100. The van der Waals surface area contributed by atoms with Crippen molar-refractivity contribution in [3.8, 4) is 0 Å². The molecule has 0 unspecified atom stereocenters. The summed E-state index contributed by atoms with van der Waals surface area (Å²) in [6.45, 7) is 0. The molecule has 0 radical (unpaired) electrons. The molecule has 0 saturated heterocycles. The molecule has 2 aromatic rings. The molecule has 1 aromatic heterocycles. The van der Waals surface area contributed by atoms with Crippen LogP contribution in [0, 0.1) is 3.70 Å². The molecule has 1 aromatic carbocycles. The van der Waals surface area contributed by atoms with Gasteiger partial charge in [0.2, 0.25) is 0 Å². The van der Waals surface area contributed by atoms with Crippen molar-refractivity contribution in [3.05, 3.63) is 38.0 Å². The molecule has 0 aliphatic rings. The Hall–Kier alpha value is -0.370. The molecule has 0 aliphatic carbocycles. The largest absolute Gasteiger partial charge is 0.417 e. The molecule has 0 atom stereocenters. The van der Waals surface area contributed by atoms with Crippen molar-refractivity contribution >= 4 is 49.4 Å². The average Bonchev–Trinajstić information content (AvgIpc) is 2.17. The number of pyridine rings is 1. The lowest BCUT2D eigenvalue weighted by molar-refractivity contribution is -0.136. The number of fused-ring (bicyclic) bond motifs is 1. The Morgan fingerprint density at radius 2 is 1.94 bits per heavy atom. The van der Waals surface area contributed by atoms with Crippen LogP contribution in [0.3, 0.4) is 0 Å². The minimum atomic E-state index is -4.36. The highest BCUT2D eigenvalue weighted by Gasteiger charge is 2.33. The number of hydrogen-bond acceptors (Lipinski definition) is 1. The van der Waals surface area contributed by atoms with Gasteiger partial charge in [-0.2, -0.15) is 13.2 Å². The minimum Gasteiger partial charge on any atom is -0.241 e. The second-order valence-electron chi connectivity index (χ2n) is 3.13. The smallest absolute Gasteiger partial charge is 0.241 e. The number of hydrogen-bond donors (Lipinski definition) is 0. The van der Waals surface area contributed by atoms with Gasteiger partial charge in [-0.1, -0.05) is 12.1 Å².